The quantitative estimate of drug-likeness (QED) is 0.747. The van der Waals surface area contributed by atoms with Crippen LogP contribution in [0.15, 0.2) is 24.4 Å². The molecule has 0 aliphatic carbocycles. The number of nitrogens with zero attached hydrogens (tertiary/aromatic N) is 2. The van der Waals surface area contributed by atoms with Crippen LogP contribution in [0.25, 0.3) is 5.52 Å². The van der Waals surface area contributed by atoms with Gasteiger partial charge in [-0.15, -0.1) is 0 Å². The number of hydrogen-bond donors (Lipinski definition) is 0. The lowest BCUT2D eigenvalue weighted by molar-refractivity contribution is -0.116. The molecule has 0 atom stereocenters. The predicted molar refractivity (Wildman–Crippen MR) is 60.9 cm³/mol. The molecule has 0 amide bonds. The Balaban J connectivity index is 2.62. The van der Waals surface area contributed by atoms with E-state index in [2.05, 4.69) is 9.72 Å². The highest BCUT2D eigenvalue weighted by molar-refractivity contribution is 5.95. The van der Waals surface area contributed by atoms with Crippen LogP contribution in [0.5, 0.6) is 0 Å². The lowest BCUT2D eigenvalue weighted by Gasteiger charge is -1.97. The standard InChI is InChI=1S/C12H12N2O3/c1-8(15)7-10-13-11(12(16)17-2)9-5-3-4-6-14(9)10/h3-6H,7H2,1-2H3. The number of methoxy groups -OCH3 is 1. The lowest BCUT2D eigenvalue weighted by Crippen LogP contribution is -2.03. The fourth-order valence-electron chi connectivity index (χ4n) is 1.70. The molecule has 2 heterocycles. The summed E-state index contributed by atoms with van der Waals surface area (Å²) in [5.41, 5.74) is 0.889. The fourth-order valence-corrected chi connectivity index (χ4v) is 1.70. The van der Waals surface area contributed by atoms with Crippen molar-refractivity contribution in [3.63, 3.8) is 0 Å². The molecule has 0 unspecified atom stereocenters. The van der Waals surface area contributed by atoms with Crippen molar-refractivity contribution in [1.29, 1.82) is 0 Å². The van der Waals surface area contributed by atoms with E-state index >= 15 is 0 Å². The van der Waals surface area contributed by atoms with E-state index in [1.165, 1.54) is 14.0 Å². The Hall–Kier alpha value is -2.17. The summed E-state index contributed by atoms with van der Waals surface area (Å²) in [7, 11) is 1.31. The molecule has 5 heteroatoms. The molecule has 0 aromatic carbocycles. The monoisotopic (exact) mass is 232 g/mol. The number of carbonyl (C=O) groups excluding carboxylic acids is 2. The van der Waals surface area contributed by atoms with Gasteiger partial charge in [-0.3, -0.25) is 4.79 Å². The van der Waals surface area contributed by atoms with Gasteiger partial charge < -0.3 is 9.14 Å². The van der Waals surface area contributed by atoms with Crippen LogP contribution in [-0.2, 0) is 16.0 Å². The summed E-state index contributed by atoms with van der Waals surface area (Å²) < 4.78 is 6.39. The molecule has 0 spiro atoms. The Kier molecular flexibility index (Phi) is 2.91. The van der Waals surface area contributed by atoms with Gasteiger partial charge in [-0.25, -0.2) is 9.78 Å². The fraction of sp³-hybridized carbons (Fsp3) is 0.250. The maximum atomic E-state index is 11.5. The highest BCUT2D eigenvalue weighted by atomic mass is 16.5. The van der Waals surface area contributed by atoms with Crippen LogP contribution in [-0.4, -0.2) is 28.2 Å². The molecule has 88 valence electrons. The zero-order valence-electron chi connectivity index (χ0n) is 9.64. The van der Waals surface area contributed by atoms with Gasteiger partial charge in [-0.1, -0.05) is 6.07 Å². The predicted octanol–water partition coefficient (Wildman–Crippen LogP) is 1.25. The molecule has 0 saturated carbocycles. The summed E-state index contributed by atoms with van der Waals surface area (Å²) in [6.45, 7) is 1.49. The number of ketones is 1. The largest absolute Gasteiger partial charge is 0.464 e. The summed E-state index contributed by atoms with van der Waals surface area (Å²) in [5.74, 6) is 0.0502. The van der Waals surface area contributed by atoms with Gasteiger partial charge in [0.15, 0.2) is 5.69 Å². The average Bonchev–Trinajstić information content (AvgIpc) is 2.67. The third-order valence-electron chi connectivity index (χ3n) is 2.41. The first-order valence-corrected chi connectivity index (χ1v) is 5.17. The van der Waals surface area contributed by atoms with Crippen molar-refractivity contribution in [1.82, 2.24) is 9.38 Å². The van der Waals surface area contributed by atoms with E-state index in [-0.39, 0.29) is 17.9 Å². The van der Waals surface area contributed by atoms with Gasteiger partial charge in [0.25, 0.3) is 0 Å². The van der Waals surface area contributed by atoms with Crippen molar-refractivity contribution in [3.8, 4) is 0 Å². The Morgan fingerprint density at radius 1 is 1.41 bits per heavy atom. The van der Waals surface area contributed by atoms with Crippen LogP contribution in [0.2, 0.25) is 0 Å². The zero-order valence-corrected chi connectivity index (χ0v) is 9.64. The third-order valence-corrected chi connectivity index (χ3v) is 2.41. The minimum absolute atomic E-state index is 0.00262. The topological polar surface area (TPSA) is 60.7 Å². The van der Waals surface area contributed by atoms with Gasteiger partial charge >= 0.3 is 5.97 Å². The van der Waals surface area contributed by atoms with Crippen LogP contribution in [0, 0.1) is 0 Å². The maximum Gasteiger partial charge on any atom is 0.358 e. The van der Waals surface area contributed by atoms with Crippen molar-refractivity contribution in [2.75, 3.05) is 7.11 Å². The molecule has 2 aromatic heterocycles. The number of fused-ring (bicyclic) bond motifs is 1. The molecule has 2 rings (SSSR count). The van der Waals surface area contributed by atoms with Crippen molar-refractivity contribution < 1.29 is 14.3 Å². The Morgan fingerprint density at radius 3 is 2.82 bits per heavy atom. The second-order valence-electron chi connectivity index (χ2n) is 3.70. The van der Waals surface area contributed by atoms with Crippen LogP contribution in [0.1, 0.15) is 23.2 Å². The number of Topliss-reactive ketones (excluding diaryl/α,β-unsaturated/α-hetero) is 1. The van der Waals surface area contributed by atoms with Crippen LogP contribution >= 0.6 is 0 Å². The van der Waals surface area contributed by atoms with E-state index in [1.807, 2.05) is 6.07 Å². The zero-order chi connectivity index (χ0) is 12.4. The number of ether oxygens (including phenoxy) is 1. The smallest absolute Gasteiger partial charge is 0.358 e. The number of hydrogen-bond acceptors (Lipinski definition) is 4. The molecular formula is C12H12N2O3. The summed E-state index contributed by atoms with van der Waals surface area (Å²) in [4.78, 5) is 26.8. The number of pyridine rings is 1. The molecule has 0 fully saturated rings. The molecule has 0 radical (unpaired) electrons. The first-order chi connectivity index (χ1) is 8.13. The molecule has 17 heavy (non-hydrogen) atoms. The van der Waals surface area contributed by atoms with Crippen molar-refractivity contribution in [2.45, 2.75) is 13.3 Å². The van der Waals surface area contributed by atoms with Crippen LogP contribution in [0.3, 0.4) is 0 Å². The van der Waals surface area contributed by atoms with E-state index in [9.17, 15) is 9.59 Å². The van der Waals surface area contributed by atoms with E-state index < -0.39 is 5.97 Å². The Bertz CT molecular complexity index is 586. The first kappa shape index (κ1) is 11.3. The summed E-state index contributed by atoms with van der Waals surface area (Å²) in [5, 5.41) is 0. The molecule has 0 saturated heterocycles. The number of rotatable bonds is 3. The normalized spacial score (nSPS) is 10.5. The molecule has 2 aromatic rings. The Morgan fingerprint density at radius 2 is 2.18 bits per heavy atom. The van der Waals surface area contributed by atoms with E-state index in [0.29, 0.717) is 11.3 Å². The minimum Gasteiger partial charge on any atom is -0.464 e. The molecule has 0 aliphatic rings. The average molecular weight is 232 g/mol. The van der Waals surface area contributed by atoms with Crippen molar-refractivity contribution >= 4 is 17.3 Å². The van der Waals surface area contributed by atoms with Gasteiger partial charge in [0, 0.05) is 6.20 Å². The summed E-state index contributed by atoms with van der Waals surface area (Å²) >= 11 is 0. The van der Waals surface area contributed by atoms with Crippen molar-refractivity contribution in [3.05, 3.63) is 35.9 Å². The van der Waals surface area contributed by atoms with E-state index in [1.54, 1.807) is 22.7 Å². The lowest BCUT2D eigenvalue weighted by atomic mass is 10.3. The van der Waals surface area contributed by atoms with Gasteiger partial charge in [0.1, 0.15) is 11.6 Å². The van der Waals surface area contributed by atoms with Gasteiger partial charge in [-0.05, 0) is 19.1 Å². The van der Waals surface area contributed by atoms with E-state index in [0.717, 1.165) is 0 Å². The van der Waals surface area contributed by atoms with Crippen LogP contribution < -0.4 is 0 Å². The third kappa shape index (κ3) is 2.04. The molecular weight excluding hydrogens is 220 g/mol. The molecule has 0 bridgehead atoms. The van der Waals surface area contributed by atoms with Gasteiger partial charge in [0.2, 0.25) is 0 Å². The SMILES string of the molecule is COC(=O)c1nc(CC(C)=O)n2ccccc12. The number of carbonyl (C=O) groups is 2. The molecule has 5 nitrogen and oxygen atoms in total. The molecule has 0 aliphatic heterocycles. The van der Waals surface area contributed by atoms with Gasteiger partial charge in [-0.2, -0.15) is 0 Å². The maximum absolute atomic E-state index is 11.5. The summed E-state index contributed by atoms with van der Waals surface area (Å²) in [6, 6.07) is 5.39. The van der Waals surface area contributed by atoms with Crippen LogP contribution in [0.4, 0.5) is 0 Å². The summed E-state index contributed by atoms with van der Waals surface area (Å²) in [6.07, 6.45) is 1.97. The second kappa shape index (κ2) is 4.37. The number of imidazole rings is 1. The first-order valence-electron chi connectivity index (χ1n) is 5.17. The highest BCUT2D eigenvalue weighted by Gasteiger charge is 2.17. The van der Waals surface area contributed by atoms with E-state index in [4.69, 9.17) is 0 Å². The molecule has 0 N–H and O–H groups in total. The number of esters is 1. The second-order valence-corrected chi connectivity index (χ2v) is 3.70. The minimum atomic E-state index is -0.497. The highest BCUT2D eigenvalue weighted by Crippen LogP contribution is 2.14. The van der Waals surface area contributed by atoms with Gasteiger partial charge in [0.05, 0.1) is 19.0 Å². The number of aromatic nitrogens is 2. The van der Waals surface area contributed by atoms with Crippen molar-refractivity contribution in [2.24, 2.45) is 0 Å². The Labute approximate surface area is 98.0 Å².